The van der Waals surface area contributed by atoms with Crippen LogP contribution in [-0.4, -0.2) is 64.5 Å². The summed E-state index contributed by atoms with van der Waals surface area (Å²) in [6.45, 7) is 2.40. The first kappa shape index (κ1) is 15.6. The van der Waals surface area contributed by atoms with Gasteiger partial charge in [-0.3, -0.25) is 4.79 Å². The van der Waals surface area contributed by atoms with Gasteiger partial charge >= 0.3 is 0 Å². The predicted octanol–water partition coefficient (Wildman–Crippen LogP) is -0.401. The molecule has 3 aromatic rings. The summed E-state index contributed by atoms with van der Waals surface area (Å²) in [5.74, 6) is 0.631. The average molecular weight is 336 g/mol. The molecule has 4 heterocycles. The predicted molar refractivity (Wildman–Crippen MR) is 95.4 cm³/mol. The highest BCUT2D eigenvalue weighted by molar-refractivity contribution is 6.31. The van der Waals surface area contributed by atoms with Gasteiger partial charge in [-0.05, 0) is 18.2 Å². The highest BCUT2D eigenvalue weighted by Crippen LogP contribution is 2.18. The van der Waals surface area contributed by atoms with Crippen LogP contribution in [0.1, 0.15) is 10.4 Å². The van der Waals surface area contributed by atoms with Gasteiger partial charge in [0.1, 0.15) is 5.82 Å². The molecule has 0 radical (unpaired) electrons. The first-order valence-corrected chi connectivity index (χ1v) is 8.12. The largest absolute Gasteiger partial charge is 0.378 e. The lowest BCUT2D eigenvalue weighted by molar-refractivity contribution is 0.0302. The number of ether oxygens (including phenoxy) is 1. The van der Waals surface area contributed by atoms with E-state index in [1.807, 2.05) is 13.9 Å². The maximum absolute atomic E-state index is 12.4. The van der Waals surface area contributed by atoms with Crippen LogP contribution >= 0.6 is 0 Å². The fourth-order valence-electron chi connectivity index (χ4n) is 2.82. The van der Waals surface area contributed by atoms with Crippen molar-refractivity contribution in [3.63, 3.8) is 0 Å². The first-order chi connectivity index (χ1) is 12.2. The van der Waals surface area contributed by atoms with Gasteiger partial charge in [0.05, 0.1) is 24.5 Å². The van der Waals surface area contributed by atoms with Gasteiger partial charge in [-0.1, -0.05) is 0 Å². The van der Waals surface area contributed by atoms with Crippen LogP contribution in [0, 0.1) is 0 Å². The number of aromatic nitrogens is 4. The molecule has 0 bridgehead atoms. The molecule has 126 valence electrons. The first-order valence-electron chi connectivity index (χ1n) is 8.12. The normalized spacial score (nSPS) is 14.6. The van der Waals surface area contributed by atoms with E-state index < -0.39 is 0 Å². The number of morpholine rings is 1. The fraction of sp³-hybridized carbons (Fsp3) is 0.250. The minimum atomic E-state index is -0.0160. The van der Waals surface area contributed by atoms with E-state index in [-0.39, 0.29) is 5.91 Å². The second-order valence-corrected chi connectivity index (χ2v) is 5.86. The van der Waals surface area contributed by atoms with Crippen molar-refractivity contribution >= 4 is 36.5 Å². The van der Waals surface area contributed by atoms with Crippen LogP contribution in [0.3, 0.4) is 0 Å². The molecule has 25 heavy (non-hydrogen) atoms. The Morgan fingerprint density at radius 3 is 2.84 bits per heavy atom. The van der Waals surface area contributed by atoms with Crippen molar-refractivity contribution in [2.24, 2.45) is 0 Å². The maximum Gasteiger partial charge on any atom is 0.255 e. The fourth-order valence-corrected chi connectivity index (χ4v) is 2.82. The van der Waals surface area contributed by atoms with Crippen molar-refractivity contribution in [3.05, 3.63) is 42.4 Å². The molecular weight excluding hydrogens is 319 g/mol. The lowest BCUT2D eigenvalue weighted by atomic mass is 10.0. The number of carbonyl (C=O) groups is 1. The van der Waals surface area contributed by atoms with Crippen molar-refractivity contribution in [2.45, 2.75) is 0 Å². The van der Waals surface area contributed by atoms with E-state index in [0.717, 1.165) is 16.9 Å². The lowest BCUT2D eigenvalue weighted by Gasteiger charge is -2.26. The molecule has 4 rings (SSSR count). The van der Waals surface area contributed by atoms with E-state index in [2.05, 4.69) is 20.4 Å². The van der Waals surface area contributed by atoms with Crippen molar-refractivity contribution in [1.29, 1.82) is 0 Å². The highest BCUT2D eigenvalue weighted by Gasteiger charge is 2.18. The Balaban J connectivity index is 1.54. The number of nitrogens with zero attached hydrogens (tertiary/aromatic N) is 5. The van der Waals surface area contributed by atoms with Crippen LogP contribution in [0.2, 0.25) is 0 Å². The van der Waals surface area contributed by atoms with Gasteiger partial charge in [-0.2, -0.15) is 5.10 Å². The van der Waals surface area contributed by atoms with Crippen molar-refractivity contribution in [2.75, 3.05) is 31.6 Å². The van der Waals surface area contributed by atoms with E-state index >= 15 is 0 Å². The van der Waals surface area contributed by atoms with Gasteiger partial charge in [-0.15, -0.1) is 0 Å². The number of hydrogen-bond acceptors (Lipinski definition) is 6. The van der Waals surface area contributed by atoms with Gasteiger partial charge in [0.15, 0.2) is 13.5 Å². The van der Waals surface area contributed by atoms with E-state index in [4.69, 9.17) is 4.74 Å². The van der Waals surface area contributed by atoms with Gasteiger partial charge in [0, 0.05) is 37.3 Å². The summed E-state index contributed by atoms with van der Waals surface area (Å²) in [5, 5.41) is 7.60. The summed E-state index contributed by atoms with van der Waals surface area (Å²) in [5.41, 5.74) is 2.98. The number of anilines is 2. The van der Waals surface area contributed by atoms with E-state index in [1.54, 1.807) is 40.1 Å². The monoisotopic (exact) mass is 336 g/mol. The third-order valence-electron chi connectivity index (χ3n) is 4.05. The van der Waals surface area contributed by atoms with Gasteiger partial charge < -0.3 is 15.0 Å². The third-order valence-corrected chi connectivity index (χ3v) is 4.05. The second kappa shape index (κ2) is 6.52. The zero-order chi connectivity index (χ0) is 17.2. The second-order valence-electron chi connectivity index (χ2n) is 5.86. The quantitative estimate of drug-likeness (QED) is 0.655. The van der Waals surface area contributed by atoms with Crippen LogP contribution in [0.5, 0.6) is 0 Å². The number of amides is 1. The summed E-state index contributed by atoms with van der Waals surface area (Å²) in [6, 6.07) is 5.49. The Morgan fingerprint density at radius 1 is 1.24 bits per heavy atom. The zero-order valence-corrected chi connectivity index (χ0v) is 13.8. The SMILES string of the molecule is Bc1cc(Nc2ccc(C(=O)N3CCOCC3)cn2)c2nccn2n1. The third kappa shape index (κ3) is 3.18. The Kier molecular flexibility index (Phi) is 4.06. The number of hydrogen-bond donors (Lipinski definition) is 1. The molecule has 0 unspecified atom stereocenters. The minimum absolute atomic E-state index is 0.0160. The molecule has 0 atom stereocenters. The number of rotatable bonds is 3. The maximum atomic E-state index is 12.4. The van der Waals surface area contributed by atoms with Crippen LogP contribution < -0.4 is 10.9 Å². The molecule has 0 aliphatic carbocycles. The molecule has 3 aromatic heterocycles. The smallest absolute Gasteiger partial charge is 0.255 e. The van der Waals surface area contributed by atoms with E-state index in [0.29, 0.717) is 37.7 Å². The number of pyridine rings is 1. The lowest BCUT2D eigenvalue weighted by Crippen LogP contribution is -2.40. The van der Waals surface area contributed by atoms with E-state index in [1.165, 1.54) is 0 Å². The molecule has 1 aliphatic heterocycles. The molecule has 1 fully saturated rings. The molecular formula is C16H17BN6O2. The minimum Gasteiger partial charge on any atom is -0.378 e. The van der Waals surface area contributed by atoms with Crippen LogP contribution in [-0.2, 0) is 4.74 Å². The van der Waals surface area contributed by atoms with Gasteiger partial charge in [-0.25, -0.2) is 14.5 Å². The van der Waals surface area contributed by atoms with Crippen molar-refractivity contribution in [1.82, 2.24) is 24.5 Å². The molecule has 9 heteroatoms. The summed E-state index contributed by atoms with van der Waals surface area (Å²) < 4.78 is 6.99. The van der Waals surface area contributed by atoms with Crippen LogP contribution in [0.25, 0.3) is 5.65 Å². The summed E-state index contributed by atoms with van der Waals surface area (Å²) in [6.07, 6.45) is 5.09. The average Bonchev–Trinajstić information content (AvgIpc) is 3.11. The van der Waals surface area contributed by atoms with Gasteiger partial charge in [0.25, 0.3) is 5.91 Å². The Labute approximate surface area is 145 Å². The molecule has 8 nitrogen and oxygen atoms in total. The number of fused-ring (bicyclic) bond motifs is 1. The molecule has 0 spiro atoms. The molecule has 1 saturated heterocycles. The zero-order valence-electron chi connectivity index (χ0n) is 13.8. The van der Waals surface area contributed by atoms with Gasteiger partial charge in [0.2, 0.25) is 0 Å². The topological polar surface area (TPSA) is 84.7 Å². The molecule has 1 amide bonds. The highest BCUT2D eigenvalue weighted by atomic mass is 16.5. The molecule has 1 aliphatic rings. The van der Waals surface area contributed by atoms with Crippen molar-refractivity contribution < 1.29 is 9.53 Å². The van der Waals surface area contributed by atoms with Crippen LogP contribution in [0.15, 0.2) is 36.8 Å². The van der Waals surface area contributed by atoms with Crippen LogP contribution in [0.4, 0.5) is 11.5 Å². The molecule has 0 saturated carbocycles. The number of imidazole rings is 1. The molecule has 0 aromatic carbocycles. The summed E-state index contributed by atoms with van der Waals surface area (Å²) in [7, 11) is 1.92. The number of carbonyl (C=O) groups excluding carboxylic acids is 1. The standard InChI is InChI=1S/C16H17BN6O2/c17-13-9-12(15-18-3-4-23(15)21-13)20-14-2-1-11(10-19-14)16(24)22-5-7-25-8-6-22/h1-4,9-10H,5-8,17H2,(H,19,20). The number of nitrogens with one attached hydrogen (secondary N) is 1. The summed E-state index contributed by atoms with van der Waals surface area (Å²) >= 11 is 0. The Morgan fingerprint density at radius 2 is 2.08 bits per heavy atom. The Bertz CT molecular complexity index is 905. The molecule has 1 N–H and O–H groups in total. The van der Waals surface area contributed by atoms with E-state index in [9.17, 15) is 4.79 Å². The Hall–Kier alpha value is -2.94. The summed E-state index contributed by atoms with van der Waals surface area (Å²) in [4.78, 5) is 22.9. The van der Waals surface area contributed by atoms with Crippen molar-refractivity contribution in [3.8, 4) is 0 Å².